The molecule has 3 N–H and O–H groups in total. The van der Waals surface area contributed by atoms with Crippen LogP contribution in [0.3, 0.4) is 0 Å². The summed E-state index contributed by atoms with van der Waals surface area (Å²) in [5, 5.41) is 10.5. The molecule has 1 aliphatic rings. The number of likely N-dealkylation sites (tertiary alicyclic amines) is 1. The number of aliphatic hydroxyl groups is 1. The highest BCUT2D eigenvalue weighted by Crippen LogP contribution is 2.32. The minimum atomic E-state index is -0.786. The smallest absolute Gasteiger partial charge is 0.257 e. The Balaban J connectivity index is 2.16. The lowest BCUT2D eigenvalue weighted by atomic mass is 9.82. The van der Waals surface area contributed by atoms with E-state index in [-0.39, 0.29) is 11.8 Å². The fourth-order valence-corrected chi connectivity index (χ4v) is 2.31. The van der Waals surface area contributed by atoms with Crippen LogP contribution in [0.4, 0.5) is 5.69 Å². The number of carbonyl (C=O) groups excluding carboxylic acids is 1. The molecule has 1 fully saturated rings. The van der Waals surface area contributed by atoms with Crippen LogP contribution in [0.1, 0.15) is 24.2 Å². The van der Waals surface area contributed by atoms with Gasteiger partial charge < -0.3 is 15.7 Å². The SMILES string of the molecule is CC(C)C1(O)CN(C(=O)c2c(N)cccc2Cl)C1. The van der Waals surface area contributed by atoms with E-state index in [0.29, 0.717) is 29.4 Å². The molecule has 1 saturated heterocycles. The first kappa shape index (κ1) is 13.2. The lowest BCUT2D eigenvalue weighted by molar-refractivity contribution is -0.110. The monoisotopic (exact) mass is 268 g/mol. The molecular formula is C13H17ClN2O2. The van der Waals surface area contributed by atoms with Crippen LogP contribution >= 0.6 is 11.6 Å². The highest BCUT2D eigenvalue weighted by molar-refractivity contribution is 6.34. The van der Waals surface area contributed by atoms with Gasteiger partial charge >= 0.3 is 0 Å². The summed E-state index contributed by atoms with van der Waals surface area (Å²) >= 11 is 5.99. The highest BCUT2D eigenvalue weighted by Gasteiger charge is 2.46. The first-order valence-corrected chi connectivity index (χ1v) is 6.28. The molecule has 0 atom stereocenters. The predicted octanol–water partition coefficient (Wildman–Crippen LogP) is 1.77. The van der Waals surface area contributed by atoms with E-state index in [9.17, 15) is 9.90 Å². The van der Waals surface area contributed by atoms with Gasteiger partial charge in [-0.1, -0.05) is 31.5 Å². The maximum Gasteiger partial charge on any atom is 0.257 e. The van der Waals surface area contributed by atoms with Crippen molar-refractivity contribution in [2.45, 2.75) is 19.4 Å². The molecule has 0 aromatic heterocycles. The Kier molecular flexibility index (Phi) is 3.25. The second-order valence-electron chi connectivity index (χ2n) is 5.12. The van der Waals surface area contributed by atoms with E-state index >= 15 is 0 Å². The lowest BCUT2D eigenvalue weighted by Gasteiger charge is -2.49. The van der Waals surface area contributed by atoms with Gasteiger partial charge in [-0.15, -0.1) is 0 Å². The molecule has 0 bridgehead atoms. The summed E-state index contributed by atoms with van der Waals surface area (Å²) in [6.07, 6.45) is 0. The number of nitrogen functional groups attached to an aromatic ring is 1. The van der Waals surface area contributed by atoms with E-state index in [0.717, 1.165) is 0 Å². The van der Waals surface area contributed by atoms with E-state index in [2.05, 4.69) is 0 Å². The highest BCUT2D eigenvalue weighted by atomic mass is 35.5. The molecule has 1 heterocycles. The molecular weight excluding hydrogens is 252 g/mol. The number of hydrogen-bond donors (Lipinski definition) is 2. The molecule has 1 amide bonds. The molecule has 0 saturated carbocycles. The minimum absolute atomic E-state index is 0.116. The minimum Gasteiger partial charge on any atom is -0.398 e. The van der Waals surface area contributed by atoms with E-state index in [4.69, 9.17) is 17.3 Å². The Morgan fingerprint density at radius 1 is 1.50 bits per heavy atom. The third kappa shape index (κ3) is 2.06. The predicted molar refractivity (Wildman–Crippen MR) is 71.6 cm³/mol. The van der Waals surface area contributed by atoms with Crippen molar-refractivity contribution in [3.05, 3.63) is 28.8 Å². The van der Waals surface area contributed by atoms with Gasteiger partial charge in [0.15, 0.2) is 0 Å². The molecule has 0 unspecified atom stereocenters. The Morgan fingerprint density at radius 2 is 2.11 bits per heavy atom. The standard InChI is InChI=1S/C13H17ClN2O2/c1-8(2)13(18)6-16(7-13)12(17)11-9(14)4-3-5-10(11)15/h3-5,8,18H,6-7,15H2,1-2H3. The summed E-state index contributed by atoms with van der Waals surface area (Å²) in [5.41, 5.74) is 5.68. The van der Waals surface area contributed by atoms with Crippen LogP contribution in [0, 0.1) is 5.92 Å². The number of benzene rings is 1. The molecule has 1 aromatic carbocycles. The number of β-amino-alcohol motifs (C(OH)–C–C–N with tert-alkyl or cyclic N) is 1. The van der Waals surface area contributed by atoms with E-state index in [1.807, 2.05) is 13.8 Å². The van der Waals surface area contributed by atoms with Gasteiger partial charge in [-0.3, -0.25) is 4.79 Å². The third-order valence-corrected chi connectivity index (χ3v) is 3.87. The fraction of sp³-hybridized carbons (Fsp3) is 0.462. The van der Waals surface area contributed by atoms with Crippen LogP contribution in [0.2, 0.25) is 5.02 Å². The van der Waals surface area contributed by atoms with Crippen molar-refractivity contribution < 1.29 is 9.90 Å². The largest absolute Gasteiger partial charge is 0.398 e. The second kappa shape index (κ2) is 4.44. The number of hydrogen-bond acceptors (Lipinski definition) is 3. The summed E-state index contributed by atoms with van der Waals surface area (Å²) in [5.74, 6) is -0.103. The molecule has 0 aliphatic carbocycles. The number of halogens is 1. The summed E-state index contributed by atoms with van der Waals surface area (Å²) in [6, 6.07) is 4.99. The lowest BCUT2D eigenvalue weighted by Crippen LogP contribution is -2.66. The molecule has 4 nitrogen and oxygen atoms in total. The summed E-state index contributed by atoms with van der Waals surface area (Å²) in [7, 11) is 0. The summed E-state index contributed by atoms with van der Waals surface area (Å²) < 4.78 is 0. The quantitative estimate of drug-likeness (QED) is 0.804. The maximum absolute atomic E-state index is 12.2. The topological polar surface area (TPSA) is 66.6 Å². The van der Waals surface area contributed by atoms with Crippen LogP contribution < -0.4 is 5.73 Å². The number of rotatable bonds is 2. The van der Waals surface area contributed by atoms with Gasteiger partial charge in [0.05, 0.1) is 23.7 Å². The van der Waals surface area contributed by atoms with Crippen LogP contribution in [0.15, 0.2) is 18.2 Å². The van der Waals surface area contributed by atoms with Crippen molar-refractivity contribution in [3.63, 3.8) is 0 Å². The van der Waals surface area contributed by atoms with Crippen molar-refractivity contribution >= 4 is 23.2 Å². The average molecular weight is 269 g/mol. The van der Waals surface area contributed by atoms with Gasteiger partial charge in [0.2, 0.25) is 0 Å². The first-order chi connectivity index (χ1) is 8.35. The zero-order valence-corrected chi connectivity index (χ0v) is 11.2. The zero-order chi connectivity index (χ0) is 13.5. The normalized spacial score (nSPS) is 17.7. The molecule has 98 valence electrons. The molecule has 5 heteroatoms. The fourth-order valence-electron chi connectivity index (χ4n) is 2.05. The first-order valence-electron chi connectivity index (χ1n) is 5.91. The third-order valence-electron chi connectivity index (χ3n) is 3.55. The van der Waals surface area contributed by atoms with Gasteiger partial charge in [-0.2, -0.15) is 0 Å². The van der Waals surface area contributed by atoms with Crippen LogP contribution in [-0.4, -0.2) is 34.6 Å². The number of nitrogens with zero attached hydrogens (tertiary/aromatic N) is 1. The van der Waals surface area contributed by atoms with E-state index < -0.39 is 5.60 Å². The van der Waals surface area contributed by atoms with Crippen molar-refractivity contribution in [3.8, 4) is 0 Å². The van der Waals surface area contributed by atoms with Crippen molar-refractivity contribution in [1.82, 2.24) is 4.90 Å². The average Bonchev–Trinajstić information content (AvgIpc) is 2.23. The molecule has 1 aliphatic heterocycles. The molecule has 0 radical (unpaired) electrons. The molecule has 0 spiro atoms. The Hall–Kier alpha value is -1.26. The van der Waals surface area contributed by atoms with Gasteiger partial charge in [0, 0.05) is 5.69 Å². The molecule has 1 aromatic rings. The molecule has 18 heavy (non-hydrogen) atoms. The molecule has 2 rings (SSSR count). The van der Waals surface area contributed by atoms with Crippen molar-refractivity contribution in [2.75, 3.05) is 18.8 Å². The Bertz CT molecular complexity index is 462. The van der Waals surface area contributed by atoms with Gasteiger partial charge in [-0.25, -0.2) is 0 Å². The summed E-state index contributed by atoms with van der Waals surface area (Å²) in [4.78, 5) is 13.8. The summed E-state index contributed by atoms with van der Waals surface area (Å²) in [6.45, 7) is 4.53. The van der Waals surface area contributed by atoms with Gasteiger partial charge in [0.1, 0.15) is 5.60 Å². The Morgan fingerprint density at radius 3 is 2.61 bits per heavy atom. The number of amides is 1. The van der Waals surface area contributed by atoms with Crippen molar-refractivity contribution in [1.29, 1.82) is 0 Å². The van der Waals surface area contributed by atoms with Crippen molar-refractivity contribution in [2.24, 2.45) is 5.92 Å². The number of carbonyl (C=O) groups is 1. The number of anilines is 1. The second-order valence-corrected chi connectivity index (χ2v) is 5.53. The van der Waals surface area contributed by atoms with Gasteiger partial charge in [0.25, 0.3) is 5.91 Å². The van der Waals surface area contributed by atoms with E-state index in [1.54, 1.807) is 23.1 Å². The zero-order valence-electron chi connectivity index (χ0n) is 10.5. The Labute approximate surface area is 111 Å². The maximum atomic E-state index is 12.2. The number of nitrogens with two attached hydrogens (primary N) is 1. The van der Waals surface area contributed by atoms with Crippen LogP contribution in [-0.2, 0) is 0 Å². The van der Waals surface area contributed by atoms with Crippen LogP contribution in [0.25, 0.3) is 0 Å². The van der Waals surface area contributed by atoms with E-state index in [1.165, 1.54) is 0 Å². The van der Waals surface area contributed by atoms with Crippen LogP contribution in [0.5, 0.6) is 0 Å². The van der Waals surface area contributed by atoms with Gasteiger partial charge in [-0.05, 0) is 18.1 Å².